The molecule has 0 spiro atoms. The first-order valence-corrected chi connectivity index (χ1v) is 9.97. The monoisotopic (exact) mass is 422 g/mol. The number of carboxylic acids is 3. The zero-order chi connectivity index (χ0) is 21.9. The van der Waals surface area contributed by atoms with Gasteiger partial charge in [-0.1, -0.05) is 12.1 Å². The number of benzene rings is 1. The SMILES string of the molecule is O=C(O)CN1CCNCCN(CC(=O)O)CCN(Cc2cccc(C(=O)O)c2)CC1. The summed E-state index contributed by atoms with van der Waals surface area (Å²) >= 11 is 0. The van der Waals surface area contributed by atoms with E-state index in [9.17, 15) is 19.5 Å². The van der Waals surface area contributed by atoms with Gasteiger partial charge in [0.2, 0.25) is 0 Å². The topological polar surface area (TPSA) is 134 Å². The summed E-state index contributed by atoms with van der Waals surface area (Å²) in [6.45, 7) is 5.07. The molecular formula is C20H30N4O6. The molecule has 0 radical (unpaired) electrons. The summed E-state index contributed by atoms with van der Waals surface area (Å²) in [4.78, 5) is 39.4. The van der Waals surface area contributed by atoms with Crippen molar-refractivity contribution < 1.29 is 29.7 Å². The highest BCUT2D eigenvalue weighted by molar-refractivity contribution is 5.87. The van der Waals surface area contributed by atoms with Crippen LogP contribution < -0.4 is 5.32 Å². The summed E-state index contributed by atoms with van der Waals surface area (Å²) < 4.78 is 0. The molecule has 0 saturated carbocycles. The summed E-state index contributed by atoms with van der Waals surface area (Å²) in [5, 5.41) is 30.8. The average molecular weight is 422 g/mol. The fraction of sp³-hybridized carbons (Fsp3) is 0.550. The van der Waals surface area contributed by atoms with Crippen molar-refractivity contribution in [1.29, 1.82) is 0 Å². The Morgan fingerprint density at radius 1 is 0.800 bits per heavy atom. The third-order valence-electron chi connectivity index (χ3n) is 4.97. The van der Waals surface area contributed by atoms with Crippen molar-refractivity contribution in [3.05, 3.63) is 35.4 Å². The van der Waals surface area contributed by atoms with E-state index in [0.717, 1.165) is 5.56 Å². The second-order valence-electron chi connectivity index (χ2n) is 7.37. The van der Waals surface area contributed by atoms with Gasteiger partial charge in [0.15, 0.2) is 0 Å². The Bertz CT molecular complexity index is 699. The van der Waals surface area contributed by atoms with Crippen LogP contribution in [0.25, 0.3) is 0 Å². The molecule has 166 valence electrons. The number of aliphatic carboxylic acids is 2. The zero-order valence-electron chi connectivity index (χ0n) is 17.0. The van der Waals surface area contributed by atoms with Gasteiger partial charge in [-0.25, -0.2) is 4.79 Å². The third-order valence-corrected chi connectivity index (χ3v) is 4.97. The first-order chi connectivity index (χ1) is 14.3. The van der Waals surface area contributed by atoms with Crippen LogP contribution in [0.1, 0.15) is 15.9 Å². The summed E-state index contributed by atoms with van der Waals surface area (Å²) in [5.41, 5.74) is 1.06. The minimum Gasteiger partial charge on any atom is -0.480 e. The lowest BCUT2D eigenvalue weighted by Crippen LogP contribution is -2.46. The molecule has 10 nitrogen and oxygen atoms in total. The predicted octanol–water partition coefficient (Wildman–Crippen LogP) is -0.437. The van der Waals surface area contributed by atoms with E-state index in [2.05, 4.69) is 10.2 Å². The maximum Gasteiger partial charge on any atom is 0.335 e. The van der Waals surface area contributed by atoms with E-state index >= 15 is 0 Å². The van der Waals surface area contributed by atoms with Crippen molar-refractivity contribution in [3.8, 4) is 0 Å². The number of carboxylic acid groups (broad SMARTS) is 3. The normalized spacial score (nSPS) is 18.3. The van der Waals surface area contributed by atoms with Crippen molar-refractivity contribution >= 4 is 17.9 Å². The third kappa shape index (κ3) is 8.87. The van der Waals surface area contributed by atoms with Crippen LogP contribution in [0.15, 0.2) is 24.3 Å². The van der Waals surface area contributed by atoms with Crippen molar-refractivity contribution in [2.45, 2.75) is 6.54 Å². The smallest absolute Gasteiger partial charge is 0.335 e. The molecular weight excluding hydrogens is 392 g/mol. The minimum absolute atomic E-state index is 0.0465. The Kier molecular flexibility index (Phi) is 9.68. The molecule has 1 aromatic carbocycles. The second-order valence-corrected chi connectivity index (χ2v) is 7.37. The molecule has 0 aliphatic carbocycles. The van der Waals surface area contributed by atoms with Gasteiger partial charge >= 0.3 is 17.9 Å². The molecule has 2 rings (SSSR count). The summed E-state index contributed by atoms with van der Waals surface area (Å²) in [6, 6.07) is 6.73. The highest BCUT2D eigenvalue weighted by Gasteiger charge is 2.17. The van der Waals surface area contributed by atoms with Gasteiger partial charge in [0, 0.05) is 58.9 Å². The highest BCUT2D eigenvalue weighted by atomic mass is 16.4. The molecule has 0 aromatic heterocycles. The van der Waals surface area contributed by atoms with Crippen LogP contribution in [0, 0.1) is 0 Å². The molecule has 1 aliphatic heterocycles. The summed E-state index contributed by atoms with van der Waals surface area (Å²) in [6.07, 6.45) is 0. The van der Waals surface area contributed by atoms with Crippen molar-refractivity contribution in [2.24, 2.45) is 0 Å². The summed E-state index contributed by atoms with van der Waals surface area (Å²) in [7, 11) is 0. The number of hydrogen-bond donors (Lipinski definition) is 4. The minimum atomic E-state index is -0.988. The Hall–Kier alpha value is -2.53. The van der Waals surface area contributed by atoms with E-state index in [4.69, 9.17) is 10.2 Å². The number of carbonyl (C=O) groups is 3. The van der Waals surface area contributed by atoms with Gasteiger partial charge in [-0.15, -0.1) is 0 Å². The molecule has 0 atom stereocenters. The highest BCUT2D eigenvalue weighted by Crippen LogP contribution is 2.09. The predicted molar refractivity (Wildman–Crippen MR) is 110 cm³/mol. The van der Waals surface area contributed by atoms with Crippen LogP contribution in [0.3, 0.4) is 0 Å². The standard InChI is InChI=1S/C20H30N4O6/c25-18(26)14-22-6-4-21-5-7-23(15-19(27)28)9-11-24(10-8-22)13-16-2-1-3-17(12-16)20(29)30/h1-3,12,21H,4-11,13-15H2,(H,25,26)(H,27,28)(H,29,30). The number of aromatic carboxylic acids is 1. The van der Waals surface area contributed by atoms with E-state index in [1.807, 2.05) is 15.9 Å². The van der Waals surface area contributed by atoms with Crippen LogP contribution in [0.5, 0.6) is 0 Å². The Balaban J connectivity index is 2.11. The summed E-state index contributed by atoms with van der Waals surface area (Å²) in [5.74, 6) is -2.75. The van der Waals surface area contributed by atoms with E-state index in [0.29, 0.717) is 58.9 Å². The van der Waals surface area contributed by atoms with Crippen molar-refractivity contribution in [3.63, 3.8) is 0 Å². The molecule has 0 unspecified atom stereocenters. The fourth-order valence-corrected chi connectivity index (χ4v) is 3.42. The zero-order valence-corrected chi connectivity index (χ0v) is 17.0. The molecule has 30 heavy (non-hydrogen) atoms. The van der Waals surface area contributed by atoms with Crippen LogP contribution >= 0.6 is 0 Å². The number of nitrogens with one attached hydrogen (secondary N) is 1. The average Bonchev–Trinajstić information content (AvgIpc) is 2.67. The van der Waals surface area contributed by atoms with Gasteiger partial charge in [-0.2, -0.15) is 0 Å². The molecule has 1 heterocycles. The lowest BCUT2D eigenvalue weighted by Gasteiger charge is -2.30. The molecule has 1 aromatic rings. The number of hydrogen-bond acceptors (Lipinski definition) is 7. The van der Waals surface area contributed by atoms with Crippen LogP contribution in [0.2, 0.25) is 0 Å². The van der Waals surface area contributed by atoms with Crippen LogP contribution in [-0.4, -0.2) is 113 Å². The first kappa shape index (κ1) is 23.7. The van der Waals surface area contributed by atoms with Crippen LogP contribution in [0.4, 0.5) is 0 Å². The molecule has 1 fully saturated rings. The lowest BCUT2D eigenvalue weighted by molar-refractivity contribution is -0.139. The van der Waals surface area contributed by atoms with Crippen molar-refractivity contribution in [2.75, 3.05) is 65.4 Å². The Labute approximate surface area is 175 Å². The molecule has 1 aliphatic rings. The van der Waals surface area contributed by atoms with Gasteiger partial charge in [0.25, 0.3) is 0 Å². The fourth-order valence-electron chi connectivity index (χ4n) is 3.42. The van der Waals surface area contributed by atoms with E-state index in [1.54, 1.807) is 18.2 Å². The molecule has 4 N–H and O–H groups in total. The molecule has 1 saturated heterocycles. The van der Waals surface area contributed by atoms with Crippen molar-refractivity contribution in [1.82, 2.24) is 20.0 Å². The van der Waals surface area contributed by atoms with Gasteiger partial charge in [0.1, 0.15) is 0 Å². The maximum absolute atomic E-state index is 11.2. The lowest BCUT2D eigenvalue weighted by atomic mass is 10.1. The Morgan fingerprint density at radius 3 is 1.83 bits per heavy atom. The van der Waals surface area contributed by atoms with Gasteiger partial charge in [0.05, 0.1) is 18.7 Å². The molecule has 0 amide bonds. The van der Waals surface area contributed by atoms with E-state index in [1.165, 1.54) is 0 Å². The molecule has 10 heteroatoms. The quantitative estimate of drug-likeness (QED) is 0.458. The molecule has 0 bridgehead atoms. The van der Waals surface area contributed by atoms with Crippen LogP contribution in [-0.2, 0) is 16.1 Å². The van der Waals surface area contributed by atoms with E-state index in [-0.39, 0.29) is 18.7 Å². The van der Waals surface area contributed by atoms with Gasteiger partial charge < -0.3 is 20.6 Å². The Morgan fingerprint density at radius 2 is 1.33 bits per heavy atom. The van der Waals surface area contributed by atoms with Gasteiger partial charge in [-0.05, 0) is 17.7 Å². The first-order valence-electron chi connectivity index (χ1n) is 9.97. The van der Waals surface area contributed by atoms with Gasteiger partial charge in [-0.3, -0.25) is 24.3 Å². The second kappa shape index (κ2) is 12.2. The maximum atomic E-state index is 11.2. The largest absolute Gasteiger partial charge is 0.480 e. The number of nitrogens with zero attached hydrogens (tertiary/aromatic N) is 3. The number of rotatable bonds is 7. The van der Waals surface area contributed by atoms with E-state index < -0.39 is 17.9 Å².